The minimum absolute atomic E-state index is 0. The molecule has 2 fully saturated rings. The fourth-order valence-corrected chi connectivity index (χ4v) is 2.98. The van der Waals surface area contributed by atoms with E-state index in [1.807, 2.05) is 27.7 Å². The monoisotopic (exact) mass is 370 g/mol. The average molecular weight is 371 g/mol. The first kappa shape index (κ1) is 20.2. The molecule has 1 aromatic rings. The number of likely N-dealkylation sites (tertiary alicyclic amines) is 1. The summed E-state index contributed by atoms with van der Waals surface area (Å²) in [5.41, 5.74) is 5.41. The second kappa shape index (κ2) is 6.87. The van der Waals surface area contributed by atoms with Crippen LogP contribution in [0, 0.1) is 5.82 Å². The number of carbonyl (C=O) groups excluding carboxylic acids is 1. The van der Waals surface area contributed by atoms with Gasteiger partial charge in [-0.25, -0.2) is 4.39 Å². The Labute approximate surface area is 154 Å². The molecule has 5 nitrogen and oxygen atoms in total. The molecule has 1 aromatic carbocycles. The van der Waals surface area contributed by atoms with E-state index < -0.39 is 24.1 Å². The maximum Gasteiger partial charge on any atom is 0.497 e. The molecule has 1 amide bonds. The van der Waals surface area contributed by atoms with Gasteiger partial charge >= 0.3 is 7.12 Å². The molecule has 25 heavy (non-hydrogen) atoms. The molecule has 2 N–H and O–H groups in total. The Morgan fingerprint density at radius 1 is 1.28 bits per heavy atom. The lowest BCUT2D eigenvalue weighted by Gasteiger charge is -2.32. The van der Waals surface area contributed by atoms with Crippen molar-refractivity contribution in [2.75, 3.05) is 13.1 Å². The van der Waals surface area contributed by atoms with E-state index in [9.17, 15) is 9.18 Å². The van der Waals surface area contributed by atoms with Crippen molar-refractivity contribution >= 4 is 30.9 Å². The van der Waals surface area contributed by atoms with Gasteiger partial charge < -0.3 is 19.9 Å². The van der Waals surface area contributed by atoms with Crippen LogP contribution >= 0.6 is 12.4 Å². The summed E-state index contributed by atoms with van der Waals surface area (Å²) in [5.74, 6) is -0.580. The number of nitrogens with zero attached hydrogens (tertiary/aromatic N) is 1. The second-order valence-corrected chi connectivity index (χ2v) is 7.62. The average Bonchev–Trinajstić information content (AvgIpc) is 3.00. The van der Waals surface area contributed by atoms with E-state index in [0.717, 1.165) is 6.42 Å². The van der Waals surface area contributed by atoms with Gasteiger partial charge in [-0.3, -0.25) is 4.79 Å². The molecular formula is C17H25BClFN2O3. The van der Waals surface area contributed by atoms with Crippen molar-refractivity contribution in [3.05, 3.63) is 29.6 Å². The zero-order valence-electron chi connectivity index (χ0n) is 15.0. The van der Waals surface area contributed by atoms with Crippen molar-refractivity contribution in [1.82, 2.24) is 4.90 Å². The smallest absolute Gasteiger partial charge is 0.399 e. The number of halogens is 2. The van der Waals surface area contributed by atoms with Gasteiger partial charge in [0.15, 0.2) is 0 Å². The van der Waals surface area contributed by atoms with E-state index in [-0.39, 0.29) is 29.8 Å². The summed E-state index contributed by atoms with van der Waals surface area (Å²) in [6.45, 7) is 8.79. The minimum atomic E-state index is -0.830. The van der Waals surface area contributed by atoms with Gasteiger partial charge in [0.2, 0.25) is 0 Å². The second-order valence-electron chi connectivity index (χ2n) is 7.62. The van der Waals surface area contributed by atoms with Crippen LogP contribution in [0.4, 0.5) is 4.39 Å². The molecule has 0 aromatic heterocycles. The Morgan fingerprint density at radius 2 is 1.88 bits per heavy atom. The topological polar surface area (TPSA) is 64.8 Å². The predicted molar refractivity (Wildman–Crippen MR) is 97.9 cm³/mol. The lowest BCUT2D eigenvalue weighted by atomic mass is 9.78. The molecule has 2 saturated heterocycles. The molecule has 2 aliphatic heterocycles. The molecule has 0 saturated carbocycles. The van der Waals surface area contributed by atoms with Gasteiger partial charge in [-0.1, -0.05) is 0 Å². The molecule has 1 atom stereocenters. The zero-order valence-corrected chi connectivity index (χ0v) is 15.9. The molecule has 0 aliphatic carbocycles. The van der Waals surface area contributed by atoms with Crippen molar-refractivity contribution < 1.29 is 18.5 Å². The number of amides is 1. The van der Waals surface area contributed by atoms with E-state index in [0.29, 0.717) is 18.7 Å². The van der Waals surface area contributed by atoms with Crippen LogP contribution in [0.25, 0.3) is 0 Å². The van der Waals surface area contributed by atoms with Crippen molar-refractivity contribution in [3.63, 3.8) is 0 Å². The highest BCUT2D eigenvalue weighted by Crippen LogP contribution is 2.36. The molecule has 2 heterocycles. The number of hydrogen-bond donors (Lipinski definition) is 1. The summed E-state index contributed by atoms with van der Waals surface area (Å²) in [7, 11) is -0.830. The molecule has 0 spiro atoms. The summed E-state index contributed by atoms with van der Waals surface area (Å²) in [4.78, 5) is 14.3. The Bertz CT molecular complexity index is 655. The lowest BCUT2D eigenvalue weighted by molar-refractivity contribution is 0.00578. The van der Waals surface area contributed by atoms with Crippen LogP contribution < -0.4 is 11.2 Å². The number of benzene rings is 1. The highest BCUT2D eigenvalue weighted by atomic mass is 35.5. The highest BCUT2D eigenvalue weighted by Gasteiger charge is 2.52. The SMILES string of the molecule is CC1(C)OB(c2cc(C(=O)N3CC[C@@H](N)C3)ccc2F)OC1(C)C.Cl. The van der Waals surface area contributed by atoms with Crippen LogP contribution in [0.15, 0.2) is 18.2 Å². The van der Waals surface area contributed by atoms with Gasteiger partial charge in [-0.2, -0.15) is 0 Å². The van der Waals surface area contributed by atoms with Crippen molar-refractivity contribution in [1.29, 1.82) is 0 Å². The molecule has 0 unspecified atom stereocenters. The summed E-state index contributed by atoms with van der Waals surface area (Å²) in [6, 6.07) is 4.33. The van der Waals surface area contributed by atoms with Crippen LogP contribution in [-0.4, -0.2) is 48.3 Å². The number of nitrogens with two attached hydrogens (primary N) is 1. The van der Waals surface area contributed by atoms with Crippen LogP contribution in [-0.2, 0) is 9.31 Å². The number of rotatable bonds is 2. The zero-order chi connectivity index (χ0) is 17.7. The van der Waals surface area contributed by atoms with Crippen LogP contribution in [0.1, 0.15) is 44.5 Å². The van der Waals surface area contributed by atoms with Gasteiger partial charge in [-0.15, -0.1) is 12.4 Å². The first-order chi connectivity index (χ1) is 11.1. The Kier molecular flexibility index (Phi) is 5.54. The lowest BCUT2D eigenvalue weighted by Crippen LogP contribution is -2.41. The summed E-state index contributed by atoms with van der Waals surface area (Å²) >= 11 is 0. The van der Waals surface area contributed by atoms with Crippen molar-refractivity contribution in [2.45, 2.75) is 51.4 Å². The Balaban J connectivity index is 0.00000225. The van der Waals surface area contributed by atoms with E-state index in [2.05, 4.69) is 0 Å². The van der Waals surface area contributed by atoms with Gasteiger partial charge in [-0.05, 0) is 52.3 Å². The van der Waals surface area contributed by atoms with E-state index in [4.69, 9.17) is 15.0 Å². The summed E-state index contributed by atoms with van der Waals surface area (Å²) in [6.07, 6.45) is 0.789. The van der Waals surface area contributed by atoms with Gasteiger partial charge in [0.05, 0.1) is 11.2 Å². The summed E-state index contributed by atoms with van der Waals surface area (Å²) < 4.78 is 26.1. The largest absolute Gasteiger partial charge is 0.497 e. The molecular weight excluding hydrogens is 345 g/mol. The predicted octanol–water partition coefficient (Wildman–Crippen LogP) is 1.72. The van der Waals surface area contributed by atoms with Gasteiger partial charge in [0.1, 0.15) is 5.82 Å². The Morgan fingerprint density at radius 3 is 2.40 bits per heavy atom. The van der Waals surface area contributed by atoms with E-state index in [1.165, 1.54) is 18.2 Å². The summed E-state index contributed by atoms with van der Waals surface area (Å²) in [5, 5.41) is 0. The van der Waals surface area contributed by atoms with Crippen LogP contribution in [0.3, 0.4) is 0 Å². The standard InChI is InChI=1S/C17H24BFN2O3.ClH/c1-16(2)17(3,4)24-18(23-16)13-9-11(5-6-14(13)19)15(22)21-8-7-12(20)10-21;/h5-6,9,12H,7-8,10,20H2,1-4H3;1H/t12-;/m1./s1. The fourth-order valence-electron chi connectivity index (χ4n) is 2.98. The molecule has 0 radical (unpaired) electrons. The fraction of sp³-hybridized carbons (Fsp3) is 0.588. The maximum atomic E-state index is 14.3. The molecule has 2 aliphatic rings. The third-order valence-electron chi connectivity index (χ3n) is 5.26. The third kappa shape index (κ3) is 3.70. The molecule has 0 bridgehead atoms. The molecule has 8 heteroatoms. The number of carbonyl (C=O) groups is 1. The maximum absolute atomic E-state index is 14.3. The normalized spacial score (nSPS) is 24.3. The first-order valence-corrected chi connectivity index (χ1v) is 8.31. The molecule has 138 valence electrons. The molecule has 3 rings (SSSR count). The quantitative estimate of drug-likeness (QED) is 0.805. The Hall–Kier alpha value is -1.15. The van der Waals surface area contributed by atoms with Crippen molar-refractivity contribution in [2.24, 2.45) is 5.73 Å². The van der Waals surface area contributed by atoms with E-state index >= 15 is 0 Å². The van der Waals surface area contributed by atoms with Gasteiger partial charge in [0, 0.05) is 30.2 Å². The third-order valence-corrected chi connectivity index (χ3v) is 5.26. The van der Waals surface area contributed by atoms with Gasteiger partial charge in [0.25, 0.3) is 5.91 Å². The highest BCUT2D eigenvalue weighted by molar-refractivity contribution is 6.62. The van der Waals surface area contributed by atoms with Crippen LogP contribution in [0.2, 0.25) is 0 Å². The van der Waals surface area contributed by atoms with Crippen LogP contribution in [0.5, 0.6) is 0 Å². The van der Waals surface area contributed by atoms with E-state index in [1.54, 1.807) is 4.90 Å². The minimum Gasteiger partial charge on any atom is -0.399 e. The first-order valence-electron chi connectivity index (χ1n) is 8.31. The number of hydrogen-bond acceptors (Lipinski definition) is 4. The van der Waals surface area contributed by atoms with Crippen molar-refractivity contribution in [3.8, 4) is 0 Å².